The summed E-state index contributed by atoms with van der Waals surface area (Å²) in [6, 6.07) is 8.52. The molecule has 0 N–H and O–H groups in total. The maximum absolute atomic E-state index is 3.35. The molecule has 0 nitrogen and oxygen atoms in total. The summed E-state index contributed by atoms with van der Waals surface area (Å²) in [7, 11) is 0. The zero-order valence-corrected chi connectivity index (χ0v) is 13.8. The fraction of sp³-hybridized carbons (Fsp3) is 0.273. The first-order valence-corrected chi connectivity index (χ1v) is 4.10. The molecule has 1 aromatic rings. The summed E-state index contributed by atoms with van der Waals surface area (Å²) in [5, 5.41) is 0. The van der Waals surface area contributed by atoms with Crippen molar-refractivity contribution in [3.8, 4) is 0 Å². The van der Waals surface area contributed by atoms with Gasteiger partial charge < -0.3 is 48.0 Å². The first-order chi connectivity index (χ1) is 5.42. The van der Waals surface area contributed by atoms with Crippen molar-refractivity contribution in [1.82, 2.24) is 0 Å². The molecule has 1 atom stereocenters. The number of allylic oxidation sites excluding steroid dienone is 1. The molecule has 0 saturated carbocycles. The fourth-order valence-corrected chi connectivity index (χ4v) is 1.58. The molecule has 0 saturated heterocycles. The Kier molecular flexibility index (Phi) is 10.4. The van der Waals surface area contributed by atoms with Gasteiger partial charge in [0.25, 0.3) is 0 Å². The fourth-order valence-electron chi connectivity index (χ4n) is 1.58. The van der Waals surface area contributed by atoms with Gasteiger partial charge in [0.2, 0.25) is 0 Å². The van der Waals surface area contributed by atoms with Gasteiger partial charge in [-0.25, -0.2) is 6.08 Å². The van der Waals surface area contributed by atoms with E-state index >= 15 is 0 Å². The van der Waals surface area contributed by atoms with Gasteiger partial charge in [0.05, 0.1) is 0 Å². The minimum atomic E-state index is 0. The minimum Gasteiger partial charge on any atom is -1.00 e. The Morgan fingerprint density at radius 1 is 1.21 bits per heavy atom. The van der Waals surface area contributed by atoms with Crippen LogP contribution in [0.2, 0.25) is 0 Å². The van der Waals surface area contributed by atoms with Gasteiger partial charge in [-0.05, 0) is 0 Å². The van der Waals surface area contributed by atoms with Crippen LogP contribution in [0.3, 0.4) is 0 Å². The summed E-state index contributed by atoms with van der Waals surface area (Å²) in [6.07, 6.45) is 6.61. The Bertz CT molecular complexity index is 297. The van der Waals surface area contributed by atoms with Crippen LogP contribution in [-0.4, -0.2) is 0 Å². The van der Waals surface area contributed by atoms with Crippen molar-refractivity contribution in [2.75, 3.05) is 0 Å². The van der Waals surface area contributed by atoms with Gasteiger partial charge in [0, 0.05) is 0 Å². The standard InChI is InChI=1S/C11H11.2HI.Ti/c1-2-9-7-8-10-5-3-4-6-11(9)10;;;/h3-6,8-9H,2H2,1H3;2*1H;/q-1;;;+3/p-2. The third-order valence-electron chi connectivity index (χ3n) is 2.22. The van der Waals surface area contributed by atoms with Crippen LogP contribution < -0.4 is 48.0 Å². The number of fused-ring (bicyclic) bond motifs is 1. The second-order valence-corrected chi connectivity index (χ2v) is 2.90. The van der Waals surface area contributed by atoms with Crippen molar-refractivity contribution < 1.29 is 69.7 Å². The van der Waals surface area contributed by atoms with E-state index in [0.29, 0.717) is 5.92 Å². The Hall–Kier alpha value is 1.13. The molecule has 2 rings (SSSR count). The molecule has 0 heterocycles. The quantitative estimate of drug-likeness (QED) is 0.246. The Morgan fingerprint density at radius 2 is 1.86 bits per heavy atom. The molecule has 0 bridgehead atoms. The summed E-state index contributed by atoms with van der Waals surface area (Å²) < 4.78 is 0. The Labute approximate surface area is 135 Å². The smallest absolute Gasteiger partial charge is 1.00 e. The molecular formula is C11H11I2Ti. The van der Waals surface area contributed by atoms with E-state index in [9.17, 15) is 0 Å². The van der Waals surface area contributed by atoms with Gasteiger partial charge >= 0.3 is 21.7 Å². The zero-order chi connectivity index (χ0) is 7.68. The summed E-state index contributed by atoms with van der Waals surface area (Å²) >= 11 is 0. The molecule has 1 radical (unpaired) electrons. The summed E-state index contributed by atoms with van der Waals surface area (Å²) in [5.41, 5.74) is 2.79. The van der Waals surface area contributed by atoms with Crippen molar-refractivity contribution in [2.24, 2.45) is 0 Å². The van der Waals surface area contributed by atoms with E-state index in [-0.39, 0.29) is 69.7 Å². The molecule has 0 spiro atoms. The van der Waals surface area contributed by atoms with Gasteiger partial charge in [-0.2, -0.15) is 5.56 Å². The van der Waals surface area contributed by atoms with E-state index in [1.54, 1.807) is 0 Å². The monoisotopic (exact) mass is 445 g/mol. The van der Waals surface area contributed by atoms with Crippen molar-refractivity contribution in [1.29, 1.82) is 0 Å². The predicted octanol–water partition coefficient (Wildman–Crippen LogP) is -2.98. The van der Waals surface area contributed by atoms with Crippen molar-refractivity contribution >= 4 is 6.08 Å². The molecule has 3 heteroatoms. The van der Waals surface area contributed by atoms with Crippen LogP contribution in [0.25, 0.3) is 6.08 Å². The van der Waals surface area contributed by atoms with E-state index < -0.39 is 0 Å². The summed E-state index contributed by atoms with van der Waals surface area (Å²) in [6.45, 7) is 2.20. The normalized spacial score (nSPS) is 15.9. The maximum Gasteiger partial charge on any atom is 3.00 e. The van der Waals surface area contributed by atoms with Crippen LogP contribution in [0.15, 0.2) is 24.3 Å². The third-order valence-corrected chi connectivity index (χ3v) is 2.22. The molecule has 1 aliphatic carbocycles. The van der Waals surface area contributed by atoms with Crippen LogP contribution in [0.4, 0.5) is 0 Å². The number of halogens is 2. The van der Waals surface area contributed by atoms with E-state index in [1.807, 2.05) is 0 Å². The molecule has 73 valence electrons. The zero-order valence-electron chi connectivity index (χ0n) is 7.93. The molecule has 1 aromatic carbocycles. The van der Waals surface area contributed by atoms with Crippen LogP contribution in [0.5, 0.6) is 0 Å². The number of rotatable bonds is 1. The topological polar surface area (TPSA) is 0 Å². The number of hydrogen-bond donors (Lipinski definition) is 0. The molecule has 0 amide bonds. The molecule has 14 heavy (non-hydrogen) atoms. The van der Waals surface area contributed by atoms with E-state index in [2.05, 4.69) is 43.3 Å². The molecular weight excluding hydrogens is 434 g/mol. The number of benzene rings is 1. The van der Waals surface area contributed by atoms with Crippen molar-refractivity contribution in [2.45, 2.75) is 19.3 Å². The van der Waals surface area contributed by atoms with Crippen LogP contribution in [-0.2, 0) is 21.7 Å². The average molecular weight is 445 g/mol. The van der Waals surface area contributed by atoms with Crippen molar-refractivity contribution in [3.63, 3.8) is 0 Å². The van der Waals surface area contributed by atoms with Gasteiger partial charge in [0.15, 0.2) is 0 Å². The van der Waals surface area contributed by atoms with E-state index in [1.165, 1.54) is 11.1 Å². The first kappa shape index (κ1) is 17.5. The van der Waals surface area contributed by atoms with E-state index in [0.717, 1.165) is 6.42 Å². The minimum absolute atomic E-state index is 0. The Balaban J connectivity index is 0. The van der Waals surface area contributed by atoms with Gasteiger partial charge in [-0.1, -0.05) is 37.5 Å². The average Bonchev–Trinajstić information content (AvgIpc) is 2.47. The predicted molar refractivity (Wildman–Crippen MR) is 47.2 cm³/mol. The van der Waals surface area contributed by atoms with Crippen LogP contribution in [0.1, 0.15) is 30.4 Å². The molecule has 1 aliphatic rings. The van der Waals surface area contributed by atoms with Crippen LogP contribution in [0, 0.1) is 6.08 Å². The molecule has 0 aliphatic heterocycles. The van der Waals surface area contributed by atoms with Gasteiger partial charge in [-0.15, -0.1) is 11.6 Å². The number of hydrogen-bond acceptors (Lipinski definition) is 0. The molecule has 1 unspecified atom stereocenters. The Morgan fingerprint density at radius 3 is 2.50 bits per heavy atom. The summed E-state index contributed by atoms with van der Waals surface area (Å²) in [4.78, 5) is 0. The second-order valence-electron chi connectivity index (χ2n) is 2.90. The molecule has 0 fully saturated rings. The first-order valence-electron chi connectivity index (χ1n) is 4.10. The molecule has 0 aromatic heterocycles. The van der Waals surface area contributed by atoms with Crippen LogP contribution >= 0.6 is 0 Å². The maximum atomic E-state index is 3.35. The largest absolute Gasteiger partial charge is 3.00 e. The summed E-state index contributed by atoms with van der Waals surface area (Å²) in [5.74, 6) is 0.547. The second kappa shape index (κ2) is 8.31. The SMILES string of the molecule is CCC1[C-]=Cc2ccccc21.[I-].[I-].[Ti+3]. The van der Waals surface area contributed by atoms with E-state index in [4.69, 9.17) is 0 Å². The third kappa shape index (κ3) is 3.61. The van der Waals surface area contributed by atoms with Crippen molar-refractivity contribution in [3.05, 3.63) is 41.5 Å². The van der Waals surface area contributed by atoms with Gasteiger partial charge in [0.1, 0.15) is 0 Å². The van der Waals surface area contributed by atoms with Gasteiger partial charge in [-0.3, -0.25) is 6.08 Å².